The van der Waals surface area contributed by atoms with Crippen molar-refractivity contribution >= 4 is 0 Å². The highest BCUT2D eigenvalue weighted by Crippen LogP contribution is 2.24. The van der Waals surface area contributed by atoms with Crippen LogP contribution in [0.2, 0.25) is 0 Å². The molecule has 1 atom stereocenters. The third-order valence-corrected chi connectivity index (χ3v) is 2.52. The van der Waals surface area contributed by atoms with Gasteiger partial charge in [0.15, 0.2) is 0 Å². The zero-order valence-corrected chi connectivity index (χ0v) is 9.88. The van der Waals surface area contributed by atoms with E-state index < -0.39 is 0 Å². The molecule has 0 saturated carbocycles. The first-order valence-electron chi connectivity index (χ1n) is 5.44. The van der Waals surface area contributed by atoms with Crippen molar-refractivity contribution in [3.05, 3.63) is 41.2 Å². The van der Waals surface area contributed by atoms with E-state index in [4.69, 9.17) is 10.5 Å². The van der Waals surface area contributed by atoms with Gasteiger partial charge in [0.1, 0.15) is 23.7 Å². The Balaban J connectivity index is 2.11. The minimum atomic E-state index is -0.0669. The third-order valence-electron chi connectivity index (χ3n) is 2.52. The van der Waals surface area contributed by atoms with Gasteiger partial charge in [-0.15, -0.1) is 0 Å². The molecule has 0 fully saturated rings. The van der Waals surface area contributed by atoms with Gasteiger partial charge in [0.25, 0.3) is 0 Å². The van der Waals surface area contributed by atoms with Crippen LogP contribution in [0.1, 0.15) is 29.9 Å². The molecule has 1 aromatic heterocycles. The number of benzene rings is 1. The van der Waals surface area contributed by atoms with Crippen LogP contribution in [0.25, 0.3) is 0 Å². The van der Waals surface area contributed by atoms with Crippen LogP contribution in [-0.2, 0) is 6.61 Å². The molecule has 2 N–H and O–H groups in total. The van der Waals surface area contributed by atoms with E-state index in [0.29, 0.717) is 12.3 Å². The zero-order valence-electron chi connectivity index (χ0n) is 9.88. The summed E-state index contributed by atoms with van der Waals surface area (Å²) >= 11 is 0. The first-order valence-corrected chi connectivity index (χ1v) is 5.44. The monoisotopic (exact) mass is 233 g/mol. The van der Waals surface area contributed by atoms with Gasteiger partial charge in [0.05, 0.1) is 0 Å². The second-order valence-electron chi connectivity index (χ2n) is 3.91. The van der Waals surface area contributed by atoms with Crippen molar-refractivity contribution in [2.24, 2.45) is 5.73 Å². The molecule has 0 spiro atoms. The average molecular weight is 233 g/mol. The van der Waals surface area contributed by atoms with E-state index in [1.54, 1.807) is 0 Å². The summed E-state index contributed by atoms with van der Waals surface area (Å²) in [6, 6.07) is 7.63. The van der Waals surface area contributed by atoms with Crippen LogP contribution in [0.5, 0.6) is 5.75 Å². The zero-order chi connectivity index (χ0) is 12.3. The molecule has 0 aliphatic carbocycles. The molecule has 5 heteroatoms. The molecule has 1 heterocycles. The van der Waals surface area contributed by atoms with Gasteiger partial charge >= 0.3 is 0 Å². The summed E-state index contributed by atoms with van der Waals surface area (Å²) in [4.78, 5) is 0. The molecule has 0 unspecified atom stereocenters. The number of aromatic nitrogens is 2. The minimum absolute atomic E-state index is 0.0669. The van der Waals surface area contributed by atoms with Crippen LogP contribution in [0.4, 0.5) is 0 Å². The van der Waals surface area contributed by atoms with E-state index in [1.165, 1.54) is 0 Å². The largest absolute Gasteiger partial charge is 0.487 e. The molecule has 90 valence electrons. The Morgan fingerprint density at radius 1 is 1.35 bits per heavy atom. The van der Waals surface area contributed by atoms with Crippen molar-refractivity contribution in [3.8, 4) is 5.75 Å². The molecule has 1 aromatic carbocycles. The topological polar surface area (TPSA) is 74.2 Å². The van der Waals surface area contributed by atoms with Gasteiger partial charge in [-0.25, -0.2) is 4.63 Å². The fraction of sp³-hybridized carbons (Fsp3) is 0.333. The summed E-state index contributed by atoms with van der Waals surface area (Å²) in [5.74, 6) is 0.768. The van der Waals surface area contributed by atoms with Gasteiger partial charge < -0.3 is 10.5 Å². The number of para-hydroxylation sites is 1. The lowest BCUT2D eigenvalue weighted by atomic mass is 10.1. The van der Waals surface area contributed by atoms with Crippen molar-refractivity contribution in [1.29, 1.82) is 0 Å². The Morgan fingerprint density at radius 3 is 2.76 bits per heavy atom. The lowest BCUT2D eigenvalue weighted by Gasteiger charge is -2.12. The number of hydrogen-bond acceptors (Lipinski definition) is 5. The predicted molar refractivity (Wildman–Crippen MR) is 62.4 cm³/mol. The Kier molecular flexibility index (Phi) is 3.39. The molecular weight excluding hydrogens is 218 g/mol. The van der Waals surface area contributed by atoms with E-state index in [0.717, 1.165) is 17.0 Å². The summed E-state index contributed by atoms with van der Waals surface area (Å²) < 4.78 is 10.3. The van der Waals surface area contributed by atoms with E-state index in [9.17, 15) is 0 Å². The molecule has 0 aliphatic rings. The standard InChI is InChI=1S/C12H15N3O2/c1-8(13)10-5-3-4-6-12(10)16-7-11-9(2)14-17-15-11/h3-6,8H,7,13H2,1-2H3/t8-/m1/s1. The Hall–Kier alpha value is -1.88. The highest BCUT2D eigenvalue weighted by atomic mass is 16.6. The van der Waals surface area contributed by atoms with E-state index >= 15 is 0 Å². The Bertz CT molecular complexity index is 494. The van der Waals surface area contributed by atoms with Gasteiger partial charge in [0, 0.05) is 11.6 Å². The molecule has 2 aromatic rings. The molecule has 2 rings (SSSR count). The molecule has 17 heavy (non-hydrogen) atoms. The first kappa shape index (κ1) is 11.6. The van der Waals surface area contributed by atoms with Crippen molar-refractivity contribution in [1.82, 2.24) is 10.3 Å². The highest BCUT2D eigenvalue weighted by Gasteiger charge is 2.10. The first-order chi connectivity index (χ1) is 8.18. The Labute approximate surface area is 99.5 Å². The summed E-state index contributed by atoms with van der Waals surface area (Å²) in [6.45, 7) is 4.08. The fourth-order valence-electron chi connectivity index (χ4n) is 1.51. The van der Waals surface area contributed by atoms with Gasteiger partial charge in [0.2, 0.25) is 0 Å². The smallest absolute Gasteiger partial charge is 0.145 e. The van der Waals surface area contributed by atoms with Crippen molar-refractivity contribution in [2.45, 2.75) is 26.5 Å². The lowest BCUT2D eigenvalue weighted by molar-refractivity contribution is 0.268. The molecule has 0 radical (unpaired) electrons. The summed E-state index contributed by atoms with van der Waals surface area (Å²) in [5, 5.41) is 7.46. The van der Waals surface area contributed by atoms with E-state index in [-0.39, 0.29) is 6.04 Å². The number of ether oxygens (including phenoxy) is 1. The molecule has 0 amide bonds. The molecule has 0 aliphatic heterocycles. The molecule has 0 bridgehead atoms. The number of rotatable bonds is 4. The van der Waals surface area contributed by atoms with Crippen molar-refractivity contribution < 1.29 is 9.37 Å². The number of nitrogens with two attached hydrogens (primary N) is 1. The van der Waals surface area contributed by atoms with Crippen LogP contribution < -0.4 is 10.5 Å². The molecular formula is C12H15N3O2. The second kappa shape index (κ2) is 4.97. The summed E-state index contributed by atoms with van der Waals surface area (Å²) in [7, 11) is 0. The average Bonchev–Trinajstić information content (AvgIpc) is 2.72. The lowest BCUT2D eigenvalue weighted by Crippen LogP contribution is -2.08. The Morgan fingerprint density at radius 2 is 2.12 bits per heavy atom. The van der Waals surface area contributed by atoms with E-state index in [2.05, 4.69) is 14.9 Å². The normalized spacial score (nSPS) is 12.4. The number of hydrogen-bond donors (Lipinski definition) is 1. The maximum atomic E-state index is 5.87. The summed E-state index contributed by atoms with van der Waals surface area (Å²) in [5.41, 5.74) is 8.28. The predicted octanol–water partition coefficient (Wildman–Crippen LogP) is 1.98. The third kappa shape index (κ3) is 2.62. The summed E-state index contributed by atoms with van der Waals surface area (Å²) in [6.07, 6.45) is 0. The van der Waals surface area contributed by atoms with Gasteiger partial charge in [-0.05, 0) is 19.9 Å². The number of aryl methyl sites for hydroxylation is 1. The van der Waals surface area contributed by atoms with Crippen LogP contribution >= 0.6 is 0 Å². The maximum Gasteiger partial charge on any atom is 0.145 e. The molecule has 0 saturated heterocycles. The van der Waals surface area contributed by atoms with Gasteiger partial charge in [-0.3, -0.25) is 0 Å². The van der Waals surface area contributed by atoms with Gasteiger partial charge in [-0.2, -0.15) is 0 Å². The maximum absolute atomic E-state index is 5.87. The van der Waals surface area contributed by atoms with Crippen LogP contribution in [0, 0.1) is 6.92 Å². The van der Waals surface area contributed by atoms with Crippen molar-refractivity contribution in [2.75, 3.05) is 0 Å². The minimum Gasteiger partial charge on any atom is -0.487 e. The SMILES string of the molecule is Cc1nonc1COc1ccccc1[C@@H](C)N. The quantitative estimate of drug-likeness (QED) is 0.873. The van der Waals surface area contributed by atoms with Crippen molar-refractivity contribution in [3.63, 3.8) is 0 Å². The van der Waals surface area contributed by atoms with Crippen LogP contribution in [-0.4, -0.2) is 10.3 Å². The van der Waals surface area contributed by atoms with Crippen LogP contribution in [0.3, 0.4) is 0 Å². The van der Waals surface area contributed by atoms with E-state index in [1.807, 2.05) is 38.1 Å². The second-order valence-corrected chi connectivity index (χ2v) is 3.91. The highest BCUT2D eigenvalue weighted by molar-refractivity contribution is 5.35. The molecule has 5 nitrogen and oxygen atoms in total. The van der Waals surface area contributed by atoms with Gasteiger partial charge in [-0.1, -0.05) is 28.5 Å². The fourth-order valence-corrected chi connectivity index (χ4v) is 1.51. The van der Waals surface area contributed by atoms with Crippen LogP contribution in [0.15, 0.2) is 28.9 Å². The number of nitrogens with zero attached hydrogens (tertiary/aromatic N) is 2.